The molecule has 3 heterocycles. The third-order valence-corrected chi connectivity index (χ3v) is 8.80. The van der Waals surface area contributed by atoms with E-state index in [1.807, 2.05) is 31.2 Å². The van der Waals surface area contributed by atoms with E-state index in [-0.39, 0.29) is 10.8 Å². The number of carbonyl (C=O) groups is 1. The standard InChI is InChI=1S/C24H25N5O3S2/c1-16-6-5-13-28(15-16)34(31,32)19-11-9-18(10-12-19)23(30)26-22-14-17(2)27-29(22)24-25-20-7-3-4-8-21(20)33-24/h3-4,7-12,14,16H,5-6,13,15H2,1-2H3,(H,26,30)/t16-/m1/s1. The number of aryl methyl sites for hydroxylation is 1. The van der Waals surface area contributed by atoms with Crippen molar-refractivity contribution in [1.29, 1.82) is 0 Å². The number of rotatable bonds is 5. The summed E-state index contributed by atoms with van der Waals surface area (Å²) < 4.78 is 30.2. The number of benzene rings is 2. The first-order valence-electron chi connectivity index (χ1n) is 11.2. The number of aromatic nitrogens is 3. The van der Waals surface area contributed by atoms with E-state index in [4.69, 9.17) is 0 Å². The van der Waals surface area contributed by atoms with Crippen molar-refractivity contribution in [2.75, 3.05) is 18.4 Å². The minimum atomic E-state index is -3.57. The van der Waals surface area contributed by atoms with Gasteiger partial charge in [-0.05, 0) is 62.1 Å². The first-order valence-corrected chi connectivity index (χ1v) is 13.4. The van der Waals surface area contributed by atoms with E-state index in [0.717, 1.165) is 28.8 Å². The van der Waals surface area contributed by atoms with Crippen LogP contribution >= 0.6 is 11.3 Å². The molecule has 0 bridgehead atoms. The van der Waals surface area contributed by atoms with Crippen LogP contribution in [0.2, 0.25) is 0 Å². The summed E-state index contributed by atoms with van der Waals surface area (Å²) in [5.41, 5.74) is 1.97. The van der Waals surface area contributed by atoms with E-state index >= 15 is 0 Å². The molecular weight excluding hydrogens is 470 g/mol. The SMILES string of the molecule is Cc1cc(NC(=O)c2ccc(S(=O)(=O)N3CCC[C@@H](C)C3)cc2)n(-c2nc3ccccc3s2)n1. The minimum absolute atomic E-state index is 0.202. The smallest absolute Gasteiger partial charge is 0.256 e. The zero-order valence-electron chi connectivity index (χ0n) is 18.9. The van der Waals surface area contributed by atoms with Gasteiger partial charge in [-0.2, -0.15) is 14.1 Å². The Hall–Kier alpha value is -3.08. The number of nitrogens with one attached hydrogen (secondary N) is 1. The number of nitrogens with zero attached hydrogens (tertiary/aromatic N) is 4. The number of anilines is 1. The Morgan fingerprint density at radius 1 is 1.15 bits per heavy atom. The zero-order chi connectivity index (χ0) is 23.9. The lowest BCUT2D eigenvalue weighted by molar-refractivity contribution is 0.102. The highest BCUT2D eigenvalue weighted by Crippen LogP contribution is 2.28. The van der Waals surface area contributed by atoms with Crippen molar-refractivity contribution in [2.24, 2.45) is 5.92 Å². The molecule has 1 N–H and O–H groups in total. The summed E-state index contributed by atoms with van der Waals surface area (Å²) in [6, 6.07) is 15.7. The van der Waals surface area contributed by atoms with Gasteiger partial charge < -0.3 is 5.32 Å². The third kappa shape index (κ3) is 4.36. The molecule has 1 aliphatic rings. The largest absolute Gasteiger partial charge is 0.306 e. The normalized spacial score (nSPS) is 17.2. The van der Waals surface area contributed by atoms with Crippen molar-refractivity contribution in [3.63, 3.8) is 0 Å². The van der Waals surface area contributed by atoms with E-state index in [1.54, 1.807) is 22.9 Å². The predicted molar refractivity (Wildman–Crippen MR) is 133 cm³/mol. The van der Waals surface area contributed by atoms with Gasteiger partial charge in [0.1, 0.15) is 5.82 Å². The van der Waals surface area contributed by atoms with E-state index in [9.17, 15) is 13.2 Å². The number of thiazole rings is 1. The number of hydrogen-bond acceptors (Lipinski definition) is 6. The van der Waals surface area contributed by atoms with Crippen molar-refractivity contribution in [3.8, 4) is 5.13 Å². The summed E-state index contributed by atoms with van der Waals surface area (Å²) in [6.07, 6.45) is 1.90. The first-order chi connectivity index (χ1) is 16.3. The number of amides is 1. The van der Waals surface area contributed by atoms with E-state index in [2.05, 4.69) is 22.3 Å². The summed E-state index contributed by atoms with van der Waals surface area (Å²) in [4.78, 5) is 17.8. The summed E-state index contributed by atoms with van der Waals surface area (Å²) in [6.45, 7) is 4.97. The van der Waals surface area contributed by atoms with Gasteiger partial charge in [0.2, 0.25) is 15.2 Å². The molecule has 0 unspecified atom stereocenters. The number of hydrogen-bond donors (Lipinski definition) is 1. The minimum Gasteiger partial charge on any atom is -0.306 e. The highest BCUT2D eigenvalue weighted by atomic mass is 32.2. The van der Waals surface area contributed by atoms with Gasteiger partial charge in [-0.1, -0.05) is 30.4 Å². The quantitative estimate of drug-likeness (QED) is 0.441. The molecule has 5 rings (SSSR count). The molecule has 0 radical (unpaired) electrons. The maximum Gasteiger partial charge on any atom is 0.256 e. The summed E-state index contributed by atoms with van der Waals surface area (Å²) >= 11 is 1.49. The van der Waals surface area contributed by atoms with Gasteiger partial charge in [0.25, 0.3) is 5.91 Å². The molecule has 2 aromatic carbocycles. The van der Waals surface area contributed by atoms with Crippen LogP contribution in [0.4, 0.5) is 5.82 Å². The van der Waals surface area contributed by atoms with Crippen LogP contribution in [0.3, 0.4) is 0 Å². The summed E-state index contributed by atoms with van der Waals surface area (Å²) in [7, 11) is -3.57. The van der Waals surface area contributed by atoms with Gasteiger partial charge in [-0.15, -0.1) is 0 Å². The monoisotopic (exact) mass is 495 g/mol. The van der Waals surface area contributed by atoms with Gasteiger partial charge in [0.05, 0.1) is 20.8 Å². The molecule has 10 heteroatoms. The van der Waals surface area contributed by atoms with Crippen molar-refractivity contribution in [3.05, 3.63) is 65.9 Å². The number of fused-ring (bicyclic) bond motifs is 1. The highest BCUT2D eigenvalue weighted by Gasteiger charge is 2.28. The fraction of sp³-hybridized carbons (Fsp3) is 0.292. The Kier molecular flexibility index (Phi) is 5.97. The van der Waals surface area contributed by atoms with E-state index in [1.165, 1.54) is 27.8 Å². The van der Waals surface area contributed by atoms with Crippen LogP contribution in [0, 0.1) is 12.8 Å². The molecule has 0 saturated carbocycles. The molecule has 2 aromatic heterocycles. The van der Waals surface area contributed by atoms with Crippen LogP contribution in [-0.2, 0) is 10.0 Å². The molecule has 176 valence electrons. The topological polar surface area (TPSA) is 97.2 Å². The van der Waals surface area contributed by atoms with Gasteiger partial charge in [0, 0.05) is 24.7 Å². The second kappa shape index (κ2) is 8.94. The van der Waals surface area contributed by atoms with Crippen molar-refractivity contribution in [2.45, 2.75) is 31.6 Å². The molecule has 0 aliphatic carbocycles. The van der Waals surface area contributed by atoms with Crippen molar-refractivity contribution >= 4 is 43.3 Å². The molecule has 34 heavy (non-hydrogen) atoms. The van der Waals surface area contributed by atoms with Crippen LogP contribution in [0.1, 0.15) is 35.8 Å². The van der Waals surface area contributed by atoms with Gasteiger partial charge in [0.15, 0.2) is 0 Å². The second-order valence-electron chi connectivity index (χ2n) is 8.64. The molecular formula is C24H25N5O3S2. The number of piperidine rings is 1. The van der Waals surface area contributed by atoms with Gasteiger partial charge in [-0.3, -0.25) is 4.79 Å². The third-order valence-electron chi connectivity index (χ3n) is 5.91. The van der Waals surface area contributed by atoms with Crippen LogP contribution in [0.15, 0.2) is 59.5 Å². The lowest BCUT2D eigenvalue weighted by Crippen LogP contribution is -2.39. The molecule has 0 spiro atoms. The molecule has 1 saturated heterocycles. The Bertz CT molecular complexity index is 1420. The first kappa shape index (κ1) is 22.7. The summed E-state index contributed by atoms with van der Waals surface area (Å²) in [5.74, 6) is 0.496. The number of para-hydroxylation sites is 1. The average molecular weight is 496 g/mol. The second-order valence-corrected chi connectivity index (χ2v) is 11.6. The summed E-state index contributed by atoms with van der Waals surface area (Å²) in [5, 5.41) is 8.03. The highest BCUT2D eigenvalue weighted by molar-refractivity contribution is 7.89. The zero-order valence-corrected chi connectivity index (χ0v) is 20.6. The van der Waals surface area contributed by atoms with Gasteiger partial charge in [-0.25, -0.2) is 13.4 Å². The Labute approximate surface area is 202 Å². The predicted octanol–water partition coefficient (Wildman–Crippen LogP) is 4.46. The van der Waals surface area contributed by atoms with E-state index < -0.39 is 10.0 Å². The van der Waals surface area contributed by atoms with E-state index in [0.29, 0.717) is 35.5 Å². The number of carbonyl (C=O) groups excluding carboxylic acids is 1. The lowest BCUT2D eigenvalue weighted by atomic mass is 10.0. The Morgan fingerprint density at radius 3 is 2.65 bits per heavy atom. The van der Waals surface area contributed by atoms with Crippen molar-refractivity contribution < 1.29 is 13.2 Å². The number of sulfonamides is 1. The van der Waals surface area contributed by atoms with Crippen LogP contribution in [0.5, 0.6) is 0 Å². The Balaban J connectivity index is 1.36. The average Bonchev–Trinajstić information content (AvgIpc) is 3.42. The van der Waals surface area contributed by atoms with Crippen LogP contribution in [-0.4, -0.2) is 46.5 Å². The molecule has 1 fully saturated rings. The van der Waals surface area contributed by atoms with Crippen LogP contribution in [0.25, 0.3) is 15.3 Å². The molecule has 1 atom stereocenters. The maximum absolute atomic E-state index is 13.0. The molecule has 4 aromatic rings. The van der Waals surface area contributed by atoms with Gasteiger partial charge >= 0.3 is 0 Å². The van der Waals surface area contributed by atoms with Crippen LogP contribution < -0.4 is 5.32 Å². The fourth-order valence-corrected chi connectivity index (χ4v) is 6.69. The Morgan fingerprint density at radius 2 is 1.91 bits per heavy atom. The fourth-order valence-electron chi connectivity index (χ4n) is 4.17. The maximum atomic E-state index is 13.0. The van der Waals surface area contributed by atoms with Crippen molar-refractivity contribution in [1.82, 2.24) is 19.1 Å². The lowest BCUT2D eigenvalue weighted by Gasteiger charge is -2.30. The molecule has 8 nitrogen and oxygen atoms in total. The molecule has 1 amide bonds. The molecule has 1 aliphatic heterocycles.